The highest BCUT2D eigenvalue weighted by molar-refractivity contribution is 5.68. The van der Waals surface area contributed by atoms with Crippen molar-refractivity contribution in [3.8, 4) is 12.3 Å². The summed E-state index contributed by atoms with van der Waals surface area (Å²) in [7, 11) is 1.62. The molecule has 112 valence electrons. The third-order valence-electron chi connectivity index (χ3n) is 3.42. The number of carbonyl (C=O) groups excluding carboxylic acids is 1. The normalized spacial score (nSPS) is 18.6. The lowest BCUT2D eigenvalue weighted by atomic mass is 9.76. The van der Waals surface area contributed by atoms with Crippen LogP contribution in [0.25, 0.3) is 0 Å². The van der Waals surface area contributed by atoms with Crippen LogP contribution in [-0.2, 0) is 9.47 Å². The van der Waals surface area contributed by atoms with Crippen LogP contribution in [0.15, 0.2) is 12.3 Å². The van der Waals surface area contributed by atoms with Gasteiger partial charge in [0.25, 0.3) is 0 Å². The van der Waals surface area contributed by atoms with Crippen molar-refractivity contribution < 1.29 is 14.3 Å². The van der Waals surface area contributed by atoms with Gasteiger partial charge in [-0.1, -0.05) is 0 Å². The van der Waals surface area contributed by atoms with E-state index in [9.17, 15) is 4.79 Å². The third-order valence-corrected chi connectivity index (χ3v) is 3.42. The molecule has 1 aliphatic heterocycles. The minimum absolute atomic E-state index is 0.0662. The molecule has 0 unspecified atom stereocenters. The van der Waals surface area contributed by atoms with Crippen LogP contribution >= 0.6 is 0 Å². The van der Waals surface area contributed by atoms with Crippen LogP contribution in [0.5, 0.6) is 0 Å². The summed E-state index contributed by atoms with van der Waals surface area (Å²) in [4.78, 5) is 13.8. The lowest BCUT2D eigenvalue weighted by Crippen LogP contribution is -2.44. The van der Waals surface area contributed by atoms with E-state index in [0.29, 0.717) is 19.5 Å². The maximum absolute atomic E-state index is 12.0. The van der Waals surface area contributed by atoms with E-state index in [1.54, 1.807) is 18.3 Å². The maximum Gasteiger partial charge on any atom is 0.410 e. The van der Waals surface area contributed by atoms with Crippen LogP contribution < -0.4 is 0 Å². The summed E-state index contributed by atoms with van der Waals surface area (Å²) in [6, 6.07) is 0. The van der Waals surface area contributed by atoms with E-state index in [2.05, 4.69) is 5.92 Å². The third kappa shape index (κ3) is 4.80. The predicted molar refractivity (Wildman–Crippen MR) is 79.1 cm³/mol. The van der Waals surface area contributed by atoms with Crippen molar-refractivity contribution in [1.29, 1.82) is 0 Å². The quantitative estimate of drug-likeness (QED) is 0.588. The molecule has 4 heteroatoms. The predicted octanol–water partition coefficient (Wildman–Crippen LogP) is 3.19. The van der Waals surface area contributed by atoms with Crippen LogP contribution in [-0.4, -0.2) is 36.8 Å². The molecule has 1 rings (SSSR count). The van der Waals surface area contributed by atoms with Crippen LogP contribution in [0.1, 0.15) is 40.0 Å². The molecule has 0 spiro atoms. The first kappa shape index (κ1) is 16.4. The zero-order valence-electron chi connectivity index (χ0n) is 12.9. The fourth-order valence-electron chi connectivity index (χ4n) is 2.28. The van der Waals surface area contributed by atoms with Crippen molar-refractivity contribution in [2.75, 3.05) is 20.2 Å². The lowest BCUT2D eigenvalue weighted by Gasteiger charge is -2.39. The Morgan fingerprint density at radius 3 is 2.45 bits per heavy atom. The molecule has 0 aromatic rings. The van der Waals surface area contributed by atoms with Crippen LogP contribution in [0.3, 0.4) is 0 Å². The SMILES string of the molecule is C#CCC1(/C=C/OC)CCN(C(=O)OC(C)(C)C)CC1. The Kier molecular flexibility index (Phi) is 5.50. The van der Waals surface area contributed by atoms with Crippen molar-refractivity contribution in [2.24, 2.45) is 5.41 Å². The highest BCUT2D eigenvalue weighted by Crippen LogP contribution is 2.36. The van der Waals surface area contributed by atoms with E-state index in [1.165, 1.54) is 0 Å². The zero-order chi connectivity index (χ0) is 15.2. The van der Waals surface area contributed by atoms with Gasteiger partial charge >= 0.3 is 6.09 Å². The van der Waals surface area contributed by atoms with Gasteiger partial charge in [0.05, 0.1) is 13.4 Å². The smallest absolute Gasteiger partial charge is 0.410 e. The molecule has 0 saturated carbocycles. The van der Waals surface area contributed by atoms with Crippen LogP contribution in [0, 0.1) is 17.8 Å². The number of rotatable bonds is 3. The molecule has 0 atom stereocenters. The number of piperidine rings is 1. The minimum Gasteiger partial charge on any atom is -0.505 e. The Hall–Kier alpha value is -1.63. The van der Waals surface area contributed by atoms with E-state index in [4.69, 9.17) is 15.9 Å². The standard InChI is InChI=1S/C16H25NO3/c1-6-7-16(10-13-19-5)8-11-17(12-9-16)14(18)20-15(2,3)4/h1,10,13H,7-9,11-12H2,2-5H3/b13-10+. The molecule has 1 saturated heterocycles. The molecule has 1 fully saturated rings. The van der Waals surface area contributed by atoms with Crippen LogP contribution in [0.2, 0.25) is 0 Å². The van der Waals surface area contributed by atoms with E-state index >= 15 is 0 Å². The van der Waals surface area contributed by atoms with E-state index in [1.807, 2.05) is 26.8 Å². The average molecular weight is 279 g/mol. The molecule has 20 heavy (non-hydrogen) atoms. The Labute approximate surface area is 122 Å². The molecule has 0 radical (unpaired) electrons. The van der Waals surface area contributed by atoms with Gasteiger partial charge in [-0.25, -0.2) is 4.79 Å². The molecular weight excluding hydrogens is 254 g/mol. The number of likely N-dealkylation sites (tertiary alicyclic amines) is 1. The second-order valence-electron chi connectivity index (χ2n) is 6.25. The fraction of sp³-hybridized carbons (Fsp3) is 0.688. The highest BCUT2D eigenvalue weighted by Gasteiger charge is 2.34. The van der Waals surface area contributed by atoms with E-state index in [-0.39, 0.29) is 11.5 Å². The van der Waals surface area contributed by atoms with Gasteiger partial charge in [0, 0.05) is 24.9 Å². The number of carbonyl (C=O) groups is 1. The fourth-order valence-corrected chi connectivity index (χ4v) is 2.28. The summed E-state index contributed by atoms with van der Waals surface area (Å²) >= 11 is 0. The van der Waals surface area contributed by atoms with Gasteiger partial charge in [-0.15, -0.1) is 12.3 Å². The summed E-state index contributed by atoms with van der Waals surface area (Å²) in [5.74, 6) is 2.73. The first-order chi connectivity index (χ1) is 9.32. The Morgan fingerprint density at radius 2 is 2.00 bits per heavy atom. The largest absolute Gasteiger partial charge is 0.505 e. The maximum atomic E-state index is 12.0. The highest BCUT2D eigenvalue weighted by atomic mass is 16.6. The molecule has 0 N–H and O–H groups in total. The molecule has 1 amide bonds. The molecule has 1 aliphatic rings. The molecular formula is C16H25NO3. The number of nitrogens with zero attached hydrogens (tertiary/aromatic N) is 1. The molecule has 0 bridgehead atoms. The van der Waals surface area contributed by atoms with Crippen LogP contribution in [0.4, 0.5) is 4.79 Å². The Morgan fingerprint density at radius 1 is 1.40 bits per heavy atom. The lowest BCUT2D eigenvalue weighted by molar-refractivity contribution is 0.0145. The van der Waals surface area contributed by atoms with Gasteiger partial charge in [0.1, 0.15) is 5.60 Å². The van der Waals surface area contributed by atoms with Crippen molar-refractivity contribution >= 4 is 6.09 Å². The number of ether oxygens (including phenoxy) is 2. The minimum atomic E-state index is -0.458. The number of hydrogen-bond acceptors (Lipinski definition) is 3. The number of terminal acetylenes is 1. The van der Waals surface area contributed by atoms with E-state index in [0.717, 1.165) is 12.8 Å². The summed E-state index contributed by atoms with van der Waals surface area (Å²) < 4.78 is 10.4. The van der Waals surface area contributed by atoms with Crippen molar-refractivity contribution in [3.63, 3.8) is 0 Å². The monoisotopic (exact) mass is 279 g/mol. The molecule has 0 aromatic heterocycles. The number of amides is 1. The summed E-state index contributed by atoms with van der Waals surface area (Å²) in [5.41, 5.74) is -0.524. The summed E-state index contributed by atoms with van der Waals surface area (Å²) in [6.45, 7) is 6.94. The number of hydrogen-bond donors (Lipinski definition) is 0. The second-order valence-corrected chi connectivity index (χ2v) is 6.25. The zero-order valence-corrected chi connectivity index (χ0v) is 12.9. The summed E-state index contributed by atoms with van der Waals surface area (Å²) in [5, 5.41) is 0. The molecule has 4 nitrogen and oxygen atoms in total. The topological polar surface area (TPSA) is 38.8 Å². The van der Waals surface area contributed by atoms with Gasteiger partial charge in [0.15, 0.2) is 0 Å². The second kappa shape index (κ2) is 6.69. The Bertz CT molecular complexity index is 393. The van der Waals surface area contributed by atoms with Crippen molar-refractivity contribution in [2.45, 2.75) is 45.6 Å². The molecule has 0 aliphatic carbocycles. The Balaban J connectivity index is 2.63. The van der Waals surface area contributed by atoms with Crippen molar-refractivity contribution in [3.05, 3.63) is 12.3 Å². The van der Waals surface area contributed by atoms with Crippen molar-refractivity contribution in [1.82, 2.24) is 4.90 Å². The van der Waals surface area contributed by atoms with E-state index < -0.39 is 5.60 Å². The molecule has 1 heterocycles. The van der Waals surface area contributed by atoms with Gasteiger partial charge in [0.2, 0.25) is 0 Å². The average Bonchev–Trinajstić information content (AvgIpc) is 2.35. The molecule has 0 aromatic carbocycles. The first-order valence-electron chi connectivity index (χ1n) is 6.94. The number of methoxy groups -OCH3 is 1. The van der Waals surface area contributed by atoms with Gasteiger partial charge in [-0.3, -0.25) is 0 Å². The van der Waals surface area contributed by atoms with Gasteiger partial charge in [-0.05, 0) is 39.7 Å². The first-order valence-corrected chi connectivity index (χ1v) is 6.94. The summed E-state index contributed by atoms with van der Waals surface area (Å²) in [6.07, 6.45) is 11.2. The number of allylic oxidation sites excluding steroid dienone is 1. The van der Waals surface area contributed by atoms with Gasteiger partial charge < -0.3 is 14.4 Å². The van der Waals surface area contributed by atoms with Gasteiger partial charge in [-0.2, -0.15) is 0 Å².